The van der Waals surface area contributed by atoms with E-state index in [1.54, 1.807) is 0 Å². The van der Waals surface area contributed by atoms with Crippen LogP contribution < -0.4 is 5.73 Å². The first-order valence-electron chi connectivity index (χ1n) is 4.93. The van der Waals surface area contributed by atoms with E-state index in [2.05, 4.69) is 18.9 Å². The van der Waals surface area contributed by atoms with Gasteiger partial charge in [-0.3, -0.25) is 4.68 Å². The Kier molecular flexibility index (Phi) is 1.82. The highest BCUT2D eigenvalue weighted by Crippen LogP contribution is 2.44. The summed E-state index contributed by atoms with van der Waals surface area (Å²) in [4.78, 5) is 0. The predicted octanol–water partition coefficient (Wildman–Crippen LogP) is 2.00. The Labute approximate surface area is 78.9 Å². The number of aromatic nitrogens is 2. The molecule has 13 heavy (non-hydrogen) atoms. The topological polar surface area (TPSA) is 43.8 Å². The van der Waals surface area contributed by atoms with Gasteiger partial charge in [-0.2, -0.15) is 5.10 Å². The molecule has 0 unspecified atom stereocenters. The third kappa shape index (κ3) is 1.32. The minimum Gasteiger partial charge on any atom is -0.382 e. The van der Waals surface area contributed by atoms with Crippen molar-refractivity contribution in [3.8, 4) is 0 Å². The molecule has 0 amide bonds. The van der Waals surface area contributed by atoms with Crippen LogP contribution in [0.1, 0.15) is 49.8 Å². The van der Waals surface area contributed by atoms with E-state index in [9.17, 15) is 0 Å². The molecular weight excluding hydrogens is 162 g/mol. The Balaban J connectivity index is 2.49. The number of hydrogen-bond donors (Lipinski definition) is 1. The maximum atomic E-state index is 5.88. The summed E-state index contributed by atoms with van der Waals surface area (Å²) in [5.74, 6) is 1.94. The molecule has 1 saturated carbocycles. The Morgan fingerprint density at radius 2 is 2.08 bits per heavy atom. The third-order valence-electron chi connectivity index (χ3n) is 2.70. The Morgan fingerprint density at radius 1 is 1.46 bits per heavy atom. The lowest BCUT2D eigenvalue weighted by Crippen LogP contribution is -1.99. The molecule has 0 atom stereocenters. The van der Waals surface area contributed by atoms with E-state index in [1.807, 2.05) is 11.7 Å². The molecule has 0 radical (unpaired) electrons. The lowest BCUT2D eigenvalue weighted by molar-refractivity contribution is 0.706. The molecule has 1 fully saturated rings. The first-order chi connectivity index (χ1) is 6.11. The molecule has 1 heterocycles. The zero-order chi connectivity index (χ0) is 9.59. The first-order valence-corrected chi connectivity index (χ1v) is 4.93. The van der Waals surface area contributed by atoms with Crippen LogP contribution in [0.25, 0.3) is 0 Å². The molecule has 72 valence electrons. The van der Waals surface area contributed by atoms with Crippen LogP contribution in [0.4, 0.5) is 5.82 Å². The number of anilines is 1. The van der Waals surface area contributed by atoms with Crippen molar-refractivity contribution in [1.82, 2.24) is 9.78 Å². The van der Waals surface area contributed by atoms with Crippen LogP contribution in [0.15, 0.2) is 0 Å². The van der Waals surface area contributed by atoms with Gasteiger partial charge in [-0.15, -0.1) is 0 Å². The van der Waals surface area contributed by atoms with Gasteiger partial charge in [0, 0.05) is 24.2 Å². The van der Waals surface area contributed by atoms with Crippen molar-refractivity contribution in [2.45, 2.75) is 38.5 Å². The first kappa shape index (κ1) is 8.60. The molecular formula is C10H17N3. The van der Waals surface area contributed by atoms with Crippen LogP contribution in [0.5, 0.6) is 0 Å². The number of hydrogen-bond acceptors (Lipinski definition) is 2. The SMILES string of the molecule is CC(C)c1c(N)nn(C)c1C1CC1. The average molecular weight is 179 g/mol. The van der Waals surface area contributed by atoms with Crippen molar-refractivity contribution < 1.29 is 0 Å². The van der Waals surface area contributed by atoms with Gasteiger partial charge < -0.3 is 5.73 Å². The van der Waals surface area contributed by atoms with Crippen LogP contribution in [0.3, 0.4) is 0 Å². The summed E-state index contributed by atoms with van der Waals surface area (Å²) in [5, 5.41) is 4.29. The molecule has 2 rings (SSSR count). The molecule has 1 aromatic rings. The zero-order valence-corrected chi connectivity index (χ0v) is 8.54. The molecule has 0 spiro atoms. The van der Waals surface area contributed by atoms with Gasteiger partial charge in [0.25, 0.3) is 0 Å². The summed E-state index contributed by atoms with van der Waals surface area (Å²) < 4.78 is 1.96. The van der Waals surface area contributed by atoms with Crippen molar-refractivity contribution >= 4 is 5.82 Å². The Bertz CT molecular complexity index is 299. The highest BCUT2D eigenvalue weighted by atomic mass is 15.3. The minimum absolute atomic E-state index is 0.490. The van der Waals surface area contributed by atoms with Gasteiger partial charge in [0.05, 0.1) is 0 Å². The quantitative estimate of drug-likeness (QED) is 0.754. The highest BCUT2D eigenvalue weighted by Gasteiger charge is 2.31. The van der Waals surface area contributed by atoms with Crippen molar-refractivity contribution in [2.75, 3.05) is 5.73 Å². The molecule has 0 saturated heterocycles. The Hall–Kier alpha value is -0.990. The number of nitrogens with two attached hydrogens (primary N) is 1. The molecule has 3 nitrogen and oxygen atoms in total. The maximum absolute atomic E-state index is 5.88. The van der Waals surface area contributed by atoms with E-state index in [0.717, 1.165) is 11.7 Å². The molecule has 3 heteroatoms. The number of nitrogens with zero attached hydrogens (tertiary/aromatic N) is 2. The van der Waals surface area contributed by atoms with E-state index in [0.29, 0.717) is 5.92 Å². The van der Waals surface area contributed by atoms with Crippen LogP contribution in [-0.4, -0.2) is 9.78 Å². The van der Waals surface area contributed by atoms with Gasteiger partial charge in [0.2, 0.25) is 0 Å². The normalized spacial score (nSPS) is 16.9. The average Bonchev–Trinajstić information content (AvgIpc) is 2.77. The zero-order valence-electron chi connectivity index (χ0n) is 8.54. The predicted molar refractivity (Wildman–Crippen MR) is 53.7 cm³/mol. The Morgan fingerprint density at radius 3 is 2.54 bits per heavy atom. The lowest BCUT2D eigenvalue weighted by Gasteiger charge is -2.07. The van der Waals surface area contributed by atoms with Crippen LogP contribution in [0, 0.1) is 0 Å². The number of rotatable bonds is 2. The molecule has 2 N–H and O–H groups in total. The van der Waals surface area contributed by atoms with Gasteiger partial charge >= 0.3 is 0 Å². The smallest absolute Gasteiger partial charge is 0.149 e. The van der Waals surface area contributed by atoms with E-state index < -0.39 is 0 Å². The van der Waals surface area contributed by atoms with Gasteiger partial charge in [-0.05, 0) is 18.8 Å². The largest absolute Gasteiger partial charge is 0.382 e. The number of nitrogen functional groups attached to an aromatic ring is 1. The van der Waals surface area contributed by atoms with E-state index in [4.69, 9.17) is 5.73 Å². The van der Waals surface area contributed by atoms with Crippen molar-refractivity contribution in [3.63, 3.8) is 0 Å². The van der Waals surface area contributed by atoms with E-state index in [1.165, 1.54) is 24.1 Å². The summed E-state index contributed by atoms with van der Waals surface area (Å²) in [6.07, 6.45) is 2.61. The molecule has 1 aliphatic rings. The second-order valence-electron chi connectivity index (χ2n) is 4.24. The van der Waals surface area contributed by atoms with Crippen LogP contribution in [-0.2, 0) is 7.05 Å². The molecule has 1 aromatic heterocycles. The molecule has 0 bridgehead atoms. The van der Waals surface area contributed by atoms with Crippen LogP contribution in [0.2, 0.25) is 0 Å². The van der Waals surface area contributed by atoms with Crippen molar-refractivity contribution in [3.05, 3.63) is 11.3 Å². The second-order valence-corrected chi connectivity index (χ2v) is 4.24. The van der Waals surface area contributed by atoms with E-state index >= 15 is 0 Å². The van der Waals surface area contributed by atoms with Crippen molar-refractivity contribution in [1.29, 1.82) is 0 Å². The lowest BCUT2D eigenvalue weighted by atomic mass is 10.0. The summed E-state index contributed by atoms with van der Waals surface area (Å²) in [6.45, 7) is 4.36. The standard InChI is InChI=1S/C10H17N3/c1-6(2)8-9(7-4-5-7)13(3)12-10(8)11/h6-7H,4-5H2,1-3H3,(H2,11,12). The summed E-state index contributed by atoms with van der Waals surface area (Å²) in [6, 6.07) is 0. The molecule has 0 aromatic carbocycles. The van der Waals surface area contributed by atoms with Gasteiger partial charge in [-0.25, -0.2) is 0 Å². The fourth-order valence-corrected chi connectivity index (χ4v) is 2.01. The second kappa shape index (κ2) is 2.76. The summed E-state index contributed by atoms with van der Waals surface area (Å²) in [5.41, 5.74) is 8.51. The van der Waals surface area contributed by atoms with E-state index in [-0.39, 0.29) is 0 Å². The third-order valence-corrected chi connectivity index (χ3v) is 2.70. The maximum Gasteiger partial charge on any atom is 0.149 e. The summed E-state index contributed by atoms with van der Waals surface area (Å²) in [7, 11) is 2.00. The number of aryl methyl sites for hydroxylation is 1. The minimum atomic E-state index is 0.490. The fraction of sp³-hybridized carbons (Fsp3) is 0.700. The summed E-state index contributed by atoms with van der Waals surface area (Å²) >= 11 is 0. The molecule has 1 aliphatic carbocycles. The van der Waals surface area contributed by atoms with Crippen molar-refractivity contribution in [2.24, 2.45) is 7.05 Å². The van der Waals surface area contributed by atoms with Gasteiger partial charge in [-0.1, -0.05) is 13.8 Å². The molecule has 0 aliphatic heterocycles. The van der Waals surface area contributed by atoms with Gasteiger partial charge in [0.15, 0.2) is 0 Å². The highest BCUT2D eigenvalue weighted by molar-refractivity contribution is 5.47. The van der Waals surface area contributed by atoms with Gasteiger partial charge in [0.1, 0.15) is 5.82 Å². The van der Waals surface area contributed by atoms with Crippen LogP contribution >= 0.6 is 0 Å². The fourth-order valence-electron chi connectivity index (χ4n) is 2.01. The monoisotopic (exact) mass is 179 g/mol.